The van der Waals surface area contributed by atoms with Crippen LogP contribution in [0.5, 0.6) is 0 Å². The number of piperidine rings is 1. The zero-order valence-electron chi connectivity index (χ0n) is 15.1. The van der Waals surface area contributed by atoms with Crippen LogP contribution in [0.1, 0.15) is 25.6 Å². The van der Waals surface area contributed by atoms with E-state index in [2.05, 4.69) is 10.3 Å². The van der Waals surface area contributed by atoms with E-state index in [-0.39, 0.29) is 22.9 Å². The third-order valence-corrected chi connectivity index (χ3v) is 7.05. The fourth-order valence-corrected chi connectivity index (χ4v) is 5.02. The molecule has 0 aromatic carbocycles. The van der Waals surface area contributed by atoms with Crippen LogP contribution in [0, 0.1) is 12.8 Å². The summed E-state index contributed by atoms with van der Waals surface area (Å²) in [6.07, 6.45) is 2.69. The molecule has 1 aromatic heterocycles. The van der Waals surface area contributed by atoms with Gasteiger partial charge in [0.05, 0.1) is 0 Å². The molecule has 2 aliphatic heterocycles. The number of aromatic nitrogens is 2. The molecule has 2 aliphatic rings. The van der Waals surface area contributed by atoms with Crippen LogP contribution in [-0.2, 0) is 21.9 Å². The van der Waals surface area contributed by atoms with Crippen molar-refractivity contribution in [2.45, 2.75) is 37.8 Å². The molecule has 1 amide bonds. The number of hydrogen-bond donors (Lipinski definition) is 1. The highest BCUT2D eigenvalue weighted by Crippen LogP contribution is 2.25. The first-order valence-corrected chi connectivity index (χ1v) is 10.3. The van der Waals surface area contributed by atoms with E-state index >= 15 is 0 Å². The molecular weight excluding hydrogens is 342 g/mol. The smallest absolute Gasteiger partial charge is 0.262 e. The highest BCUT2D eigenvalue weighted by Gasteiger charge is 2.36. The van der Waals surface area contributed by atoms with E-state index in [1.54, 1.807) is 24.7 Å². The number of nitrogens with one attached hydrogen (secondary N) is 1. The van der Waals surface area contributed by atoms with E-state index in [0.29, 0.717) is 31.8 Å². The summed E-state index contributed by atoms with van der Waals surface area (Å²) in [6.45, 7) is 6.93. The topological polar surface area (TPSA) is 87.5 Å². The number of piperazine rings is 1. The predicted molar refractivity (Wildman–Crippen MR) is 93.5 cm³/mol. The number of carbonyl (C=O) groups is 1. The van der Waals surface area contributed by atoms with Crippen LogP contribution in [-0.4, -0.2) is 71.8 Å². The molecule has 3 heterocycles. The molecule has 1 aromatic rings. The Morgan fingerprint density at radius 3 is 2.52 bits per heavy atom. The van der Waals surface area contributed by atoms with Gasteiger partial charge in [-0.2, -0.15) is 4.31 Å². The number of sulfonamides is 1. The number of imidazole rings is 1. The maximum absolute atomic E-state index is 12.8. The molecule has 9 heteroatoms. The summed E-state index contributed by atoms with van der Waals surface area (Å²) in [4.78, 5) is 18.8. The molecule has 3 rings (SSSR count). The Morgan fingerprint density at radius 2 is 1.96 bits per heavy atom. The van der Waals surface area contributed by atoms with Crippen molar-refractivity contribution in [3.8, 4) is 0 Å². The van der Waals surface area contributed by atoms with Crippen LogP contribution >= 0.6 is 0 Å². The number of hydrogen-bond acceptors (Lipinski definition) is 5. The lowest BCUT2D eigenvalue weighted by Gasteiger charge is -2.38. The Kier molecular flexibility index (Phi) is 5.17. The van der Waals surface area contributed by atoms with Gasteiger partial charge in [-0.15, -0.1) is 0 Å². The molecule has 0 unspecified atom stereocenters. The van der Waals surface area contributed by atoms with Gasteiger partial charge in [0.2, 0.25) is 5.91 Å². The predicted octanol–water partition coefficient (Wildman–Crippen LogP) is -0.0505. The average molecular weight is 369 g/mol. The summed E-state index contributed by atoms with van der Waals surface area (Å²) < 4.78 is 28.6. The first-order valence-electron chi connectivity index (χ1n) is 8.82. The van der Waals surface area contributed by atoms with Gasteiger partial charge in [0.15, 0.2) is 5.03 Å². The van der Waals surface area contributed by atoms with Crippen LogP contribution in [0.4, 0.5) is 0 Å². The Balaban J connectivity index is 1.64. The van der Waals surface area contributed by atoms with Crippen molar-refractivity contribution < 1.29 is 13.2 Å². The Morgan fingerprint density at radius 1 is 1.28 bits per heavy atom. The molecule has 0 spiro atoms. The molecule has 2 fully saturated rings. The summed E-state index contributed by atoms with van der Waals surface area (Å²) in [5, 5.41) is 3.37. The van der Waals surface area contributed by atoms with Crippen molar-refractivity contribution in [3.05, 3.63) is 12.0 Å². The molecule has 0 saturated carbocycles. The highest BCUT2D eigenvalue weighted by molar-refractivity contribution is 7.89. The summed E-state index contributed by atoms with van der Waals surface area (Å²) in [6, 6.07) is 0.194. The molecule has 25 heavy (non-hydrogen) atoms. The Bertz CT molecular complexity index is 717. The Labute approximate surface area is 149 Å². The zero-order valence-corrected chi connectivity index (χ0v) is 15.9. The van der Waals surface area contributed by atoms with Gasteiger partial charge in [-0.05, 0) is 26.7 Å². The fourth-order valence-electron chi connectivity index (χ4n) is 3.53. The molecule has 0 bridgehead atoms. The van der Waals surface area contributed by atoms with Gasteiger partial charge >= 0.3 is 0 Å². The van der Waals surface area contributed by atoms with E-state index in [1.807, 2.05) is 11.8 Å². The van der Waals surface area contributed by atoms with Gasteiger partial charge in [-0.1, -0.05) is 0 Å². The normalized spacial score (nSPS) is 23.8. The molecule has 140 valence electrons. The maximum atomic E-state index is 12.8. The van der Waals surface area contributed by atoms with Crippen molar-refractivity contribution in [2.24, 2.45) is 13.0 Å². The monoisotopic (exact) mass is 369 g/mol. The molecule has 1 atom stereocenters. The second-order valence-electron chi connectivity index (χ2n) is 7.00. The minimum absolute atomic E-state index is 0.0857. The van der Waals surface area contributed by atoms with Gasteiger partial charge in [-0.25, -0.2) is 13.4 Å². The van der Waals surface area contributed by atoms with E-state index in [9.17, 15) is 13.2 Å². The van der Waals surface area contributed by atoms with Crippen LogP contribution < -0.4 is 5.32 Å². The second kappa shape index (κ2) is 7.05. The third-order valence-electron chi connectivity index (χ3n) is 5.28. The van der Waals surface area contributed by atoms with Gasteiger partial charge in [0.25, 0.3) is 10.0 Å². The van der Waals surface area contributed by atoms with Crippen molar-refractivity contribution >= 4 is 15.9 Å². The molecule has 8 nitrogen and oxygen atoms in total. The number of carbonyl (C=O) groups excluding carboxylic acids is 1. The molecule has 0 radical (unpaired) electrons. The quantitative estimate of drug-likeness (QED) is 0.807. The number of rotatable bonds is 3. The van der Waals surface area contributed by atoms with Gasteiger partial charge in [-0.3, -0.25) is 4.79 Å². The SMILES string of the molecule is Cc1nc(S(=O)(=O)N2CCC(C(=O)N3CCNC[C@@H]3C)CC2)cn1C. The van der Waals surface area contributed by atoms with Crippen LogP contribution in [0.25, 0.3) is 0 Å². The summed E-state index contributed by atoms with van der Waals surface area (Å²) >= 11 is 0. The van der Waals surface area contributed by atoms with E-state index in [1.165, 1.54) is 4.31 Å². The molecule has 0 aliphatic carbocycles. The summed E-state index contributed by atoms with van der Waals surface area (Å²) in [5.74, 6) is 0.744. The molecule has 1 N–H and O–H groups in total. The van der Waals surface area contributed by atoms with Crippen LogP contribution in [0.2, 0.25) is 0 Å². The Hall–Kier alpha value is -1.45. The third kappa shape index (κ3) is 3.58. The summed E-state index contributed by atoms with van der Waals surface area (Å²) in [7, 11) is -1.80. The highest BCUT2D eigenvalue weighted by atomic mass is 32.2. The molecule has 2 saturated heterocycles. The maximum Gasteiger partial charge on any atom is 0.262 e. The fraction of sp³-hybridized carbons (Fsp3) is 0.750. The van der Waals surface area contributed by atoms with E-state index in [0.717, 1.165) is 19.6 Å². The van der Waals surface area contributed by atoms with Gasteiger partial charge in [0, 0.05) is 57.9 Å². The lowest BCUT2D eigenvalue weighted by Crippen LogP contribution is -2.55. The minimum atomic E-state index is -3.58. The largest absolute Gasteiger partial charge is 0.337 e. The average Bonchev–Trinajstić information content (AvgIpc) is 2.95. The summed E-state index contributed by atoms with van der Waals surface area (Å²) in [5.41, 5.74) is 0. The van der Waals surface area contributed by atoms with E-state index in [4.69, 9.17) is 0 Å². The first kappa shape index (κ1) is 18.3. The minimum Gasteiger partial charge on any atom is -0.337 e. The number of amides is 1. The lowest BCUT2D eigenvalue weighted by molar-refractivity contribution is -0.139. The van der Waals surface area contributed by atoms with Gasteiger partial charge in [0.1, 0.15) is 5.82 Å². The van der Waals surface area contributed by atoms with Crippen molar-refractivity contribution in [1.29, 1.82) is 0 Å². The van der Waals surface area contributed by atoms with Crippen molar-refractivity contribution in [3.63, 3.8) is 0 Å². The van der Waals surface area contributed by atoms with Crippen LogP contribution in [0.3, 0.4) is 0 Å². The number of nitrogens with zero attached hydrogens (tertiary/aromatic N) is 4. The van der Waals surface area contributed by atoms with Crippen LogP contribution in [0.15, 0.2) is 11.2 Å². The number of aryl methyl sites for hydroxylation is 2. The first-order chi connectivity index (χ1) is 11.8. The van der Waals surface area contributed by atoms with E-state index < -0.39 is 10.0 Å². The van der Waals surface area contributed by atoms with Crippen molar-refractivity contribution in [2.75, 3.05) is 32.7 Å². The standard InChI is InChI=1S/C16H27N5O3S/c1-12-10-17-6-9-21(12)16(22)14-4-7-20(8-5-14)25(23,24)15-11-19(3)13(2)18-15/h11-12,14,17H,4-10H2,1-3H3/t12-/m0/s1. The lowest BCUT2D eigenvalue weighted by atomic mass is 9.95. The zero-order chi connectivity index (χ0) is 18.2. The molecular formula is C16H27N5O3S. The second-order valence-corrected chi connectivity index (χ2v) is 8.89. The van der Waals surface area contributed by atoms with Gasteiger partial charge < -0.3 is 14.8 Å². The van der Waals surface area contributed by atoms with Crippen molar-refractivity contribution in [1.82, 2.24) is 24.1 Å².